The molecule has 1 unspecified atom stereocenters. The minimum absolute atomic E-state index is 0.354. The van der Waals surface area contributed by atoms with Crippen LogP contribution in [-0.2, 0) is 0 Å². The van der Waals surface area contributed by atoms with Crippen molar-refractivity contribution in [2.75, 3.05) is 4.90 Å². The van der Waals surface area contributed by atoms with Crippen LogP contribution >= 0.6 is 0 Å². The van der Waals surface area contributed by atoms with Gasteiger partial charge in [0.15, 0.2) is 0 Å². The Hall–Kier alpha value is -8.66. The van der Waals surface area contributed by atoms with Gasteiger partial charge in [0.2, 0.25) is 0 Å². The van der Waals surface area contributed by atoms with Gasteiger partial charge in [-0.3, -0.25) is 0 Å². The summed E-state index contributed by atoms with van der Waals surface area (Å²) in [6, 6.07) is 76.0. The largest absolute Gasteiger partial charge is 0.455 e. The lowest BCUT2D eigenvalue weighted by Crippen LogP contribution is -2.14. The average molecular weight is 867 g/mol. The fourth-order valence-electron chi connectivity index (χ4n) is 12.3. The molecule has 1 aliphatic heterocycles. The summed E-state index contributed by atoms with van der Waals surface area (Å²) in [7, 11) is 0. The van der Waals surface area contributed by atoms with Crippen LogP contribution in [-0.4, -0.2) is 4.57 Å². The maximum Gasteiger partial charge on any atom is 0.143 e. The van der Waals surface area contributed by atoms with E-state index in [1.807, 2.05) is 0 Å². The number of furan rings is 1. The fourth-order valence-corrected chi connectivity index (χ4v) is 12.3. The molecule has 0 radical (unpaired) electrons. The molecule has 1 aliphatic carbocycles. The van der Waals surface area contributed by atoms with Gasteiger partial charge < -0.3 is 13.9 Å². The van der Waals surface area contributed by atoms with Crippen LogP contribution in [0.5, 0.6) is 0 Å². The Morgan fingerprint density at radius 2 is 0.956 bits per heavy atom. The summed E-state index contributed by atoms with van der Waals surface area (Å²) in [5, 5.41) is 14.4. The molecule has 2 aliphatic rings. The SMILES string of the molecule is C1=CCCC2C(=C1)N(c1c3ccccc3c(-c3ccc4c(c3)oc3c(-c5c6ccccc6c(-n6c7ccccc7c7ccccc76)c6ccccc56)cccc34)c3ccccc13)c1ccccc12. The van der Waals surface area contributed by atoms with Crippen molar-refractivity contribution >= 4 is 98.2 Å². The van der Waals surface area contributed by atoms with Crippen LogP contribution in [0.15, 0.2) is 235 Å². The number of rotatable bonds is 4. The van der Waals surface area contributed by atoms with E-state index in [0.29, 0.717) is 5.92 Å². The number of hydrogen-bond donors (Lipinski definition) is 0. The summed E-state index contributed by atoms with van der Waals surface area (Å²) >= 11 is 0. The van der Waals surface area contributed by atoms with Crippen molar-refractivity contribution < 1.29 is 4.42 Å². The second-order valence-electron chi connectivity index (χ2n) is 18.5. The van der Waals surface area contributed by atoms with Crippen LogP contribution < -0.4 is 4.90 Å². The number of anilines is 2. The highest BCUT2D eigenvalue weighted by molar-refractivity contribution is 6.25. The third-order valence-electron chi connectivity index (χ3n) is 15.1. The van der Waals surface area contributed by atoms with Crippen LogP contribution in [0.25, 0.3) is 115 Å². The van der Waals surface area contributed by atoms with E-state index in [1.54, 1.807) is 0 Å². The van der Waals surface area contributed by atoms with Gasteiger partial charge in [0.05, 0.1) is 22.4 Å². The van der Waals surface area contributed by atoms with E-state index in [-0.39, 0.29) is 0 Å². The molecule has 0 fully saturated rings. The summed E-state index contributed by atoms with van der Waals surface area (Å²) in [5.41, 5.74) is 15.3. The maximum absolute atomic E-state index is 7.23. The van der Waals surface area contributed by atoms with Crippen LogP contribution in [0.3, 0.4) is 0 Å². The third kappa shape index (κ3) is 5.19. The summed E-state index contributed by atoms with van der Waals surface area (Å²) in [6.07, 6.45) is 9.10. The predicted octanol–water partition coefficient (Wildman–Crippen LogP) is 18.1. The number of fused-ring (bicyclic) bond motifs is 13. The highest BCUT2D eigenvalue weighted by Crippen LogP contribution is 2.55. The molecular formula is C65H42N2O. The first-order valence-electron chi connectivity index (χ1n) is 23.9. The molecule has 11 aromatic carbocycles. The second kappa shape index (κ2) is 14.4. The van der Waals surface area contributed by atoms with Gasteiger partial charge in [0.25, 0.3) is 0 Å². The highest BCUT2D eigenvalue weighted by atomic mass is 16.3. The van der Waals surface area contributed by atoms with Gasteiger partial charge in [-0.1, -0.05) is 188 Å². The predicted molar refractivity (Wildman–Crippen MR) is 287 cm³/mol. The van der Waals surface area contributed by atoms with Crippen LogP contribution in [0, 0.1) is 0 Å². The zero-order chi connectivity index (χ0) is 44.5. The molecule has 1 atom stereocenters. The van der Waals surface area contributed by atoms with E-state index in [4.69, 9.17) is 4.42 Å². The standard InChI is InChI=1S/C65H42N2O/c1-2-19-41-42-20-12-15-34-57(42)66(56(41)33-3-1)63-50-27-8-4-23-46(50)61(47-24-5-9-28-51(47)63)40-37-38-45-54-31-18-32-55(65(54)68-60(45)39-40)62-48-25-6-10-29-52(48)64(53-30-11-7-26-49(53)62)67-58-35-16-13-21-43(58)44-22-14-17-36-59(44)67/h1,3-18,20-39,41H,2,19H2. The van der Waals surface area contributed by atoms with Crippen molar-refractivity contribution in [3.63, 3.8) is 0 Å². The van der Waals surface area contributed by atoms with Gasteiger partial charge in [-0.25, -0.2) is 0 Å². The smallest absolute Gasteiger partial charge is 0.143 e. The molecule has 0 saturated heterocycles. The number of nitrogens with zero attached hydrogens (tertiary/aromatic N) is 2. The normalized spacial score (nSPS) is 14.8. The summed E-state index contributed by atoms with van der Waals surface area (Å²) in [6.45, 7) is 0. The Morgan fingerprint density at radius 1 is 0.426 bits per heavy atom. The molecule has 68 heavy (non-hydrogen) atoms. The van der Waals surface area contributed by atoms with Gasteiger partial charge >= 0.3 is 0 Å². The number of benzene rings is 11. The lowest BCUT2D eigenvalue weighted by Gasteiger charge is -2.28. The molecule has 318 valence electrons. The van der Waals surface area contributed by atoms with E-state index in [2.05, 4.69) is 234 Å². The fraction of sp³-hybridized carbons (Fsp3) is 0.0462. The minimum Gasteiger partial charge on any atom is -0.455 e. The molecular weight excluding hydrogens is 825 g/mol. The molecule has 3 heterocycles. The Morgan fingerprint density at radius 3 is 1.60 bits per heavy atom. The number of hydrogen-bond acceptors (Lipinski definition) is 2. The van der Waals surface area contributed by atoms with Crippen molar-refractivity contribution in [3.05, 3.63) is 236 Å². The summed E-state index contributed by atoms with van der Waals surface area (Å²) in [5.74, 6) is 0.354. The number of para-hydroxylation sites is 4. The summed E-state index contributed by atoms with van der Waals surface area (Å²) in [4.78, 5) is 2.57. The first kappa shape index (κ1) is 37.5. The van der Waals surface area contributed by atoms with Gasteiger partial charge in [-0.05, 0) is 87.5 Å². The monoisotopic (exact) mass is 866 g/mol. The molecule has 0 saturated carbocycles. The number of allylic oxidation sites excluding steroid dienone is 4. The van der Waals surface area contributed by atoms with Crippen LogP contribution in [0.4, 0.5) is 11.4 Å². The average Bonchev–Trinajstić information content (AvgIpc) is 3.96. The van der Waals surface area contributed by atoms with E-state index in [0.717, 1.165) is 45.9 Å². The lowest BCUT2D eigenvalue weighted by atomic mass is 9.89. The molecule has 15 rings (SSSR count). The van der Waals surface area contributed by atoms with Crippen molar-refractivity contribution in [1.82, 2.24) is 4.57 Å². The zero-order valence-electron chi connectivity index (χ0n) is 37.2. The van der Waals surface area contributed by atoms with Gasteiger partial charge in [0.1, 0.15) is 11.2 Å². The minimum atomic E-state index is 0.354. The maximum atomic E-state index is 7.23. The van der Waals surface area contributed by atoms with Gasteiger partial charge in [-0.15, -0.1) is 0 Å². The Balaban J connectivity index is 0.954. The molecule has 0 amide bonds. The third-order valence-corrected chi connectivity index (χ3v) is 15.1. The molecule has 3 nitrogen and oxygen atoms in total. The quantitative estimate of drug-likeness (QED) is 0.164. The van der Waals surface area contributed by atoms with Crippen molar-refractivity contribution in [1.29, 1.82) is 0 Å². The highest BCUT2D eigenvalue weighted by Gasteiger charge is 2.36. The van der Waals surface area contributed by atoms with Crippen LogP contribution in [0.2, 0.25) is 0 Å². The Kier molecular flexibility index (Phi) is 7.96. The molecule has 2 aromatic heterocycles. The first-order valence-corrected chi connectivity index (χ1v) is 23.9. The van der Waals surface area contributed by atoms with Crippen molar-refractivity contribution in [2.24, 2.45) is 0 Å². The van der Waals surface area contributed by atoms with E-state index >= 15 is 0 Å². The second-order valence-corrected chi connectivity index (χ2v) is 18.5. The number of aromatic nitrogens is 1. The van der Waals surface area contributed by atoms with Crippen molar-refractivity contribution in [3.8, 4) is 27.9 Å². The molecule has 0 bridgehead atoms. The summed E-state index contributed by atoms with van der Waals surface area (Å²) < 4.78 is 9.71. The zero-order valence-corrected chi connectivity index (χ0v) is 37.2. The van der Waals surface area contributed by atoms with E-state index in [1.165, 1.54) is 104 Å². The van der Waals surface area contributed by atoms with E-state index in [9.17, 15) is 0 Å². The van der Waals surface area contributed by atoms with Crippen LogP contribution in [0.1, 0.15) is 24.3 Å². The molecule has 13 aromatic rings. The Bertz CT molecular complexity index is 4180. The van der Waals surface area contributed by atoms with Gasteiger partial charge in [0, 0.05) is 71.5 Å². The lowest BCUT2D eigenvalue weighted by molar-refractivity contribution is 0.670. The topological polar surface area (TPSA) is 21.3 Å². The first-order chi connectivity index (χ1) is 33.8. The van der Waals surface area contributed by atoms with Crippen molar-refractivity contribution in [2.45, 2.75) is 18.8 Å². The van der Waals surface area contributed by atoms with Gasteiger partial charge in [-0.2, -0.15) is 0 Å². The molecule has 0 N–H and O–H groups in total. The van der Waals surface area contributed by atoms with E-state index < -0.39 is 0 Å². The molecule has 0 spiro atoms. The Labute approximate surface area is 392 Å². The molecule has 3 heteroatoms.